The average Bonchev–Trinajstić information content (AvgIpc) is 2.30. The Morgan fingerprint density at radius 1 is 1.06 bits per heavy atom. The minimum absolute atomic E-state index is 0.140. The predicted octanol–water partition coefficient (Wildman–Crippen LogP) is 3.51. The molecule has 0 saturated carbocycles. The van der Waals surface area contributed by atoms with E-state index in [1.807, 2.05) is 43.3 Å². The second kappa shape index (κ2) is 4.45. The second-order valence-electron chi connectivity index (χ2n) is 3.89. The minimum atomic E-state index is -0.221. The van der Waals surface area contributed by atoms with Crippen LogP contribution in [-0.4, -0.2) is 0 Å². The van der Waals surface area contributed by atoms with Crippen LogP contribution in [0.1, 0.15) is 18.5 Å². The fraction of sp³-hybridized carbons (Fsp3) is 0.143. The molecule has 0 heterocycles. The van der Waals surface area contributed by atoms with Crippen LogP contribution in [0.3, 0.4) is 0 Å². The fourth-order valence-electron chi connectivity index (χ4n) is 1.67. The van der Waals surface area contributed by atoms with Gasteiger partial charge in [0.1, 0.15) is 5.82 Å². The Bertz CT molecular complexity index is 477. The van der Waals surface area contributed by atoms with Gasteiger partial charge in [0, 0.05) is 11.6 Å². The zero-order valence-electron chi connectivity index (χ0n) is 9.15. The third kappa shape index (κ3) is 2.12. The molecule has 0 bridgehead atoms. The highest BCUT2D eigenvalue weighted by Gasteiger charge is 2.07. The highest BCUT2D eigenvalue weighted by molar-refractivity contribution is 5.64. The van der Waals surface area contributed by atoms with Gasteiger partial charge in [0.05, 0.1) is 0 Å². The summed E-state index contributed by atoms with van der Waals surface area (Å²) < 4.78 is 13.8. The summed E-state index contributed by atoms with van der Waals surface area (Å²) in [5, 5.41) is 0. The molecule has 0 aliphatic carbocycles. The van der Waals surface area contributed by atoms with Crippen LogP contribution in [-0.2, 0) is 0 Å². The monoisotopic (exact) mass is 215 g/mol. The molecule has 2 aromatic carbocycles. The molecule has 1 nitrogen and oxygen atoms in total. The molecule has 2 aromatic rings. The molecule has 2 rings (SSSR count). The van der Waals surface area contributed by atoms with Crippen molar-refractivity contribution in [1.82, 2.24) is 0 Å². The molecule has 1 unspecified atom stereocenters. The second-order valence-corrected chi connectivity index (χ2v) is 3.89. The van der Waals surface area contributed by atoms with Gasteiger partial charge in [0.25, 0.3) is 0 Å². The maximum atomic E-state index is 13.8. The van der Waals surface area contributed by atoms with E-state index in [2.05, 4.69) is 0 Å². The Kier molecular flexibility index (Phi) is 3.02. The van der Waals surface area contributed by atoms with Crippen LogP contribution < -0.4 is 5.73 Å². The molecule has 0 spiro atoms. The summed E-state index contributed by atoms with van der Waals surface area (Å²) in [4.78, 5) is 0. The quantitative estimate of drug-likeness (QED) is 0.815. The van der Waals surface area contributed by atoms with Crippen molar-refractivity contribution in [2.45, 2.75) is 13.0 Å². The van der Waals surface area contributed by atoms with Crippen LogP contribution in [0.15, 0.2) is 48.5 Å². The van der Waals surface area contributed by atoms with Crippen LogP contribution in [0.25, 0.3) is 11.1 Å². The highest BCUT2D eigenvalue weighted by Crippen LogP contribution is 2.24. The molecule has 1 atom stereocenters. The maximum absolute atomic E-state index is 13.8. The Morgan fingerprint density at radius 2 is 1.75 bits per heavy atom. The highest BCUT2D eigenvalue weighted by atomic mass is 19.1. The molecule has 0 amide bonds. The van der Waals surface area contributed by atoms with Crippen LogP contribution >= 0.6 is 0 Å². The SMILES string of the molecule is CC(N)c1ccc(-c2ccccc2)c(F)c1. The first kappa shape index (κ1) is 10.8. The zero-order chi connectivity index (χ0) is 11.5. The van der Waals surface area contributed by atoms with E-state index in [1.54, 1.807) is 6.07 Å². The van der Waals surface area contributed by atoms with Crippen molar-refractivity contribution in [3.63, 3.8) is 0 Å². The van der Waals surface area contributed by atoms with E-state index in [0.717, 1.165) is 11.1 Å². The van der Waals surface area contributed by atoms with E-state index in [1.165, 1.54) is 6.07 Å². The van der Waals surface area contributed by atoms with Gasteiger partial charge in [-0.15, -0.1) is 0 Å². The maximum Gasteiger partial charge on any atom is 0.131 e. The van der Waals surface area contributed by atoms with Crippen LogP contribution in [0.2, 0.25) is 0 Å². The smallest absolute Gasteiger partial charge is 0.131 e. The van der Waals surface area contributed by atoms with Crippen molar-refractivity contribution in [2.24, 2.45) is 5.73 Å². The Labute approximate surface area is 94.7 Å². The third-order valence-electron chi connectivity index (χ3n) is 2.60. The molecule has 0 fully saturated rings. The standard InChI is InChI=1S/C14H14FN/c1-10(16)12-7-8-13(14(15)9-12)11-5-3-2-4-6-11/h2-10H,16H2,1H3. The van der Waals surface area contributed by atoms with Crippen LogP contribution in [0.4, 0.5) is 4.39 Å². The molecule has 0 radical (unpaired) electrons. The Balaban J connectivity index is 2.45. The van der Waals surface area contributed by atoms with Crippen LogP contribution in [0.5, 0.6) is 0 Å². The number of benzene rings is 2. The minimum Gasteiger partial charge on any atom is -0.324 e. The van der Waals surface area contributed by atoms with Gasteiger partial charge in [-0.3, -0.25) is 0 Å². The fourth-order valence-corrected chi connectivity index (χ4v) is 1.67. The van der Waals surface area contributed by atoms with E-state index in [0.29, 0.717) is 5.56 Å². The summed E-state index contributed by atoms with van der Waals surface area (Å²) in [7, 11) is 0. The lowest BCUT2D eigenvalue weighted by Crippen LogP contribution is -2.05. The molecule has 0 aromatic heterocycles. The Hall–Kier alpha value is -1.67. The van der Waals surface area contributed by atoms with Crippen molar-refractivity contribution in [1.29, 1.82) is 0 Å². The zero-order valence-corrected chi connectivity index (χ0v) is 9.15. The van der Waals surface area contributed by atoms with Crippen molar-refractivity contribution in [3.8, 4) is 11.1 Å². The third-order valence-corrected chi connectivity index (χ3v) is 2.60. The lowest BCUT2D eigenvalue weighted by Gasteiger charge is -2.08. The molecule has 16 heavy (non-hydrogen) atoms. The van der Waals surface area contributed by atoms with Gasteiger partial charge in [-0.2, -0.15) is 0 Å². The molecule has 2 heteroatoms. The van der Waals surface area contributed by atoms with E-state index >= 15 is 0 Å². The van der Waals surface area contributed by atoms with E-state index in [4.69, 9.17) is 5.73 Å². The summed E-state index contributed by atoms with van der Waals surface area (Å²) in [5.74, 6) is -0.221. The molecule has 0 saturated heterocycles. The molecular formula is C14H14FN. The molecule has 82 valence electrons. The average molecular weight is 215 g/mol. The molecule has 0 aliphatic heterocycles. The van der Waals surface area contributed by atoms with Gasteiger partial charge in [0.2, 0.25) is 0 Å². The number of halogens is 1. The summed E-state index contributed by atoms with van der Waals surface area (Å²) >= 11 is 0. The number of hydrogen-bond acceptors (Lipinski definition) is 1. The topological polar surface area (TPSA) is 26.0 Å². The van der Waals surface area contributed by atoms with Gasteiger partial charge in [0.15, 0.2) is 0 Å². The molecule has 0 aliphatic rings. The van der Waals surface area contributed by atoms with Crippen molar-refractivity contribution in [2.75, 3.05) is 0 Å². The van der Waals surface area contributed by atoms with E-state index in [9.17, 15) is 4.39 Å². The first-order valence-corrected chi connectivity index (χ1v) is 5.29. The van der Waals surface area contributed by atoms with Gasteiger partial charge >= 0.3 is 0 Å². The lowest BCUT2D eigenvalue weighted by atomic mass is 10.0. The number of hydrogen-bond donors (Lipinski definition) is 1. The number of rotatable bonds is 2. The predicted molar refractivity (Wildman–Crippen MR) is 64.4 cm³/mol. The summed E-state index contributed by atoms with van der Waals surface area (Å²) in [6, 6.07) is 14.5. The van der Waals surface area contributed by atoms with Crippen molar-refractivity contribution >= 4 is 0 Å². The normalized spacial score (nSPS) is 12.4. The largest absolute Gasteiger partial charge is 0.324 e. The molecular weight excluding hydrogens is 201 g/mol. The van der Waals surface area contributed by atoms with Gasteiger partial charge in [-0.05, 0) is 24.1 Å². The summed E-state index contributed by atoms with van der Waals surface area (Å²) in [5.41, 5.74) is 8.02. The first-order valence-electron chi connectivity index (χ1n) is 5.29. The lowest BCUT2D eigenvalue weighted by molar-refractivity contribution is 0.626. The van der Waals surface area contributed by atoms with Crippen LogP contribution in [0, 0.1) is 5.82 Å². The molecule has 2 N–H and O–H groups in total. The Morgan fingerprint density at radius 3 is 2.31 bits per heavy atom. The van der Waals surface area contributed by atoms with Crippen molar-refractivity contribution in [3.05, 3.63) is 59.9 Å². The summed E-state index contributed by atoms with van der Waals surface area (Å²) in [6.07, 6.45) is 0. The van der Waals surface area contributed by atoms with Gasteiger partial charge < -0.3 is 5.73 Å². The van der Waals surface area contributed by atoms with E-state index in [-0.39, 0.29) is 11.9 Å². The number of nitrogens with two attached hydrogens (primary N) is 1. The van der Waals surface area contributed by atoms with Gasteiger partial charge in [-0.1, -0.05) is 42.5 Å². The summed E-state index contributed by atoms with van der Waals surface area (Å²) in [6.45, 7) is 1.84. The first-order chi connectivity index (χ1) is 7.68. The van der Waals surface area contributed by atoms with Gasteiger partial charge in [-0.25, -0.2) is 4.39 Å². The van der Waals surface area contributed by atoms with E-state index < -0.39 is 0 Å². The van der Waals surface area contributed by atoms with Crippen molar-refractivity contribution < 1.29 is 4.39 Å².